The van der Waals surface area contributed by atoms with E-state index in [-0.39, 0.29) is 11.9 Å². The lowest BCUT2D eigenvalue weighted by molar-refractivity contribution is -0.132. The molecule has 2 heterocycles. The third-order valence-electron chi connectivity index (χ3n) is 5.88. The van der Waals surface area contributed by atoms with Crippen LogP contribution in [-0.4, -0.2) is 54.5 Å². The smallest absolute Gasteiger partial charge is 0.324 e. The standard InChI is InChI=1S/C22H25N3O3/c1-24-20(26)22(23-21(24)27)11-13-25(14-12-22)15-16-7-3-4-8-17(16)18-9-5-6-10-19(18)28-2/h3-10H,11-15H2,1-2H3,(H,23,27). The molecule has 6 nitrogen and oxygen atoms in total. The Hall–Kier alpha value is -2.86. The number of carbonyl (C=O) groups excluding carboxylic acids is 2. The number of likely N-dealkylation sites (tertiary alicyclic amines) is 1. The van der Waals surface area contributed by atoms with Gasteiger partial charge in [0, 0.05) is 32.2 Å². The summed E-state index contributed by atoms with van der Waals surface area (Å²) < 4.78 is 5.54. The number of nitrogens with one attached hydrogen (secondary N) is 1. The molecule has 0 unspecified atom stereocenters. The number of benzene rings is 2. The molecule has 28 heavy (non-hydrogen) atoms. The molecule has 0 aliphatic carbocycles. The Morgan fingerprint density at radius 3 is 2.29 bits per heavy atom. The number of methoxy groups -OCH3 is 1. The van der Waals surface area contributed by atoms with E-state index in [4.69, 9.17) is 4.74 Å². The number of urea groups is 1. The van der Waals surface area contributed by atoms with E-state index in [0.717, 1.165) is 36.5 Å². The molecule has 1 N–H and O–H groups in total. The zero-order valence-corrected chi connectivity index (χ0v) is 16.3. The van der Waals surface area contributed by atoms with Crippen molar-refractivity contribution < 1.29 is 14.3 Å². The average molecular weight is 379 g/mol. The minimum absolute atomic E-state index is 0.105. The molecule has 0 bridgehead atoms. The fraction of sp³-hybridized carbons (Fsp3) is 0.364. The Morgan fingerprint density at radius 2 is 1.64 bits per heavy atom. The van der Waals surface area contributed by atoms with Crippen LogP contribution in [0.5, 0.6) is 5.75 Å². The lowest BCUT2D eigenvalue weighted by Crippen LogP contribution is -2.54. The van der Waals surface area contributed by atoms with E-state index in [9.17, 15) is 9.59 Å². The van der Waals surface area contributed by atoms with Crippen LogP contribution < -0.4 is 10.1 Å². The second kappa shape index (κ2) is 7.28. The number of amides is 3. The summed E-state index contributed by atoms with van der Waals surface area (Å²) in [6, 6.07) is 16.1. The van der Waals surface area contributed by atoms with Gasteiger partial charge < -0.3 is 10.1 Å². The molecule has 2 saturated heterocycles. The third-order valence-corrected chi connectivity index (χ3v) is 5.88. The zero-order valence-electron chi connectivity index (χ0n) is 16.3. The van der Waals surface area contributed by atoms with Crippen LogP contribution in [0.25, 0.3) is 11.1 Å². The van der Waals surface area contributed by atoms with Crippen molar-refractivity contribution in [3.63, 3.8) is 0 Å². The van der Waals surface area contributed by atoms with Gasteiger partial charge in [-0.15, -0.1) is 0 Å². The normalized spacial score (nSPS) is 19.1. The van der Waals surface area contributed by atoms with Crippen LogP contribution in [0.3, 0.4) is 0 Å². The van der Waals surface area contributed by atoms with E-state index >= 15 is 0 Å². The summed E-state index contributed by atoms with van der Waals surface area (Å²) in [5.74, 6) is 0.751. The van der Waals surface area contributed by atoms with Gasteiger partial charge in [0.1, 0.15) is 11.3 Å². The Kier molecular flexibility index (Phi) is 4.81. The summed E-state index contributed by atoms with van der Waals surface area (Å²) in [6.45, 7) is 2.32. The van der Waals surface area contributed by atoms with Crippen molar-refractivity contribution in [2.45, 2.75) is 24.9 Å². The second-order valence-electron chi connectivity index (χ2n) is 7.51. The molecule has 146 valence electrons. The van der Waals surface area contributed by atoms with Gasteiger partial charge in [0.25, 0.3) is 5.91 Å². The molecular weight excluding hydrogens is 354 g/mol. The quantitative estimate of drug-likeness (QED) is 0.830. The molecule has 2 aromatic rings. The molecule has 2 aliphatic rings. The van der Waals surface area contributed by atoms with Gasteiger partial charge in [0.2, 0.25) is 0 Å². The summed E-state index contributed by atoms with van der Waals surface area (Å²) in [5.41, 5.74) is 2.74. The molecule has 0 aromatic heterocycles. The number of hydrogen-bond donors (Lipinski definition) is 1. The van der Waals surface area contributed by atoms with Gasteiger partial charge in [-0.1, -0.05) is 42.5 Å². The van der Waals surface area contributed by atoms with Gasteiger partial charge in [-0.3, -0.25) is 14.6 Å². The lowest BCUT2D eigenvalue weighted by Gasteiger charge is -2.37. The van der Waals surface area contributed by atoms with E-state index in [1.807, 2.05) is 24.3 Å². The van der Waals surface area contributed by atoms with Crippen molar-refractivity contribution in [2.75, 3.05) is 27.2 Å². The van der Waals surface area contributed by atoms with Crippen LogP contribution in [0.2, 0.25) is 0 Å². The molecule has 4 rings (SSSR count). The predicted molar refractivity (Wildman–Crippen MR) is 107 cm³/mol. The molecule has 0 saturated carbocycles. The maximum atomic E-state index is 12.5. The molecule has 0 radical (unpaired) electrons. The van der Waals surface area contributed by atoms with Crippen molar-refractivity contribution >= 4 is 11.9 Å². The molecule has 2 aromatic carbocycles. The second-order valence-corrected chi connectivity index (χ2v) is 7.51. The number of carbonyl (C=O) groups is 2. The highest BCUT2D eigenvalue weighted by atomic mass is 16.5. The zero-order chi connectivity index (χ0) is 19.7. The fourth-order valence-corrected chi connectivity index (χ4v) is 4.22. The number of para-hydroxylation sites is 1. The number of piperidine rings is 1. The highest BCUT2D eigenvalue weighted by molar-refractivity contribution is 6.06. The summed E-state index contributed by atoms with van der Waals surface area (Å²) in [6.07, 6.45) is 1.28. The maximum Gasteiger partial charge on any atom is 0.324 e. The van der Waals surface area contributed by atoms with Crippen LogP contribution in [0.1, 0.15) is 18.4 Å². The highest BCUT2D eigenvalue weighted by Gasteiger charge is 2.50. The number of likely N-dealkylation sites (N-methyl/N-ethyl adjacent to an activating group) is 1. The summed E-state index contributed by atoms with van der Waals surface area (Å²) >= 11 is 0. The molecular formula is C22H25N3O3. The molecule has 3 amide bonds. The van der Waals surface area contributed by atoms with E-state index in [1.165, 1.54) is 10.5 Å². The third kappa shape index (κ3) is 3.14. The minimum Gasteiger partial charge on any atom is -0.496 e. The monoisotopic (exact) mass is 379 g/mol. The van der Waals surface area contributed by atoms with Crippen molar-refractivity contribution in [3.05, 3.63) is 54.1 Å². The van der Waals surface area contributed by atoms with Crippen molar-refractivity contribution in [1.82, 2.24) is 15.1 Å². The first-order chi connectivity index (χ1) is 13.5. The van der Waals surface area contributed by atoms with E-state index in [1.54, 1.807) is 14.2 Å². The summed E-state index contributed by atoms with van der Waals surface area (Å²) in [7, 11) is 3.23. The first-order valence-corrected chi connectivity index (χ1v) is 9.58. The number of ether oxygens (including phenoxy) is 1. The Balaban J connectivity index is 1.51. The average Bonchev–Trinajstić information content (AvgIpc) is 2.94. The SMILES string of the molecule is COc1ccccc1-c1ccccc1CN1CCC2(CC1)NC(=O)N(C)C2=O. The van der Waals surface area contributed by atoms with Crippen LogP contribution in [0.15, 0.2) is 48.5 Å². The Labute approximate surface area is 165 Å². The van der Waals surface area contributed by atoms with Crippen LogP contribution >= 0.6 is 0 Å². The predicted octanol–water partition coefficient (Wildman–Crippen LogP) is 2.88. The number of hydrogen-bond acceptors (Lipinski definition) is 4. The van der Waals surface area contributed by atoms with Crippen molar-refractivity contribution in [1.29, 1.82) is 0 Å². The van der Waals surface area contributed by atoms with Gasteiger partial charge in [-0.2, -0.15) is 0 Å². The van der Waals surface area contributed by atoms with E-state index < -0.39 is 5.54 Å². The van der Waals surface area contributed by atoms with Gasteiger partial charge in [0.05, 0.1) is 7.11 Å². The molecule has 6 heteroatoms. The topological polar surface area (TPSA) is 61.9 Å². The van der Waals surface area contributed by atoms with Gasteiger partial charge >= 0.3 is 6.03 Å². The molecule has 2 aliphatic heterocycles. The van der Waals surface area contributed by atoms with Gasteiger partial charge in [-0.05, 0) is 30.0 Å². The summed E-state index contributed by atoms with van der Waals surface area (Å²) in [5, 5.41) is 2.90. The van der Waals surface area contributed by atoms with Gasteiger partial charge in [-0.25, -0.2) is 4.79 Å². The number of imide groups is 1. The minimum atomic E-state index is -0.718. The molecule has 2 fully saturated rings. The summed E-state index contributed by atoms with van der Waals surface area (Å²) in [4.78, 5) is 27.9. The van der Waals surface area contributed by atoms with Crippen molar-refractivity contribution in [2.24, 2.45) is 0 Å². The first-order valence-electron chi connectivity index (χ1n) is 9.58. The maximum absolute atomic E-state index is 12.5. The van der Waals surface area contributed by atoms with E-state index in [0.29, 0.717) is 12.8 Å². The van der Waals surface area contributed by atoms with Crippen molar-refractivity contribution in [3.8, 4) is 16.9 Å². The highest BCUT2D eigenvalue weighted by Crippen LogP contribution is 2.34. The number of rotatable bonds is 4. The first kappa shape index (κ1) is 18.5. The number of nitrogens with zero attached hydrogens (tertiary/aromatic N) is 2. The lowest BCUT2D eigenvalue weighted by atomic mass is 9.87. The van der Waals surface area contributed by atoms with Crippen LogP contribution in [0.4, 0.5) is 4.79 Å². The Morgan fingerprint density at radius 1 is 1.00 bits per heavy atom. The van der Waals surface area contributed by atoms with Gasteiger partial charge in [0.15, 0.2) is 0 Å². The van der Waals surface area contributed by atoms with E-state index in [2.05, 4.69) is 34.5 Å². The van der Waals surface area contributed by atoms with Crippen LogP contribution in [-0.2, 0) is 11.3 Å². The Bertz CT molecular complexity index is 903. The largest absolute Gasteiger partial charge is 0.496 e. The molecule has 0 atom stereocenters. The fourth-order valence-electron chi connectivity index (χ4n) is 4.22. The molecule has 1 spiro atoms. The van der Waals surface area contributed by atoms with Crippen LogP contribution in [0, 0.1) is 0 Å².